The van der Waals surface area contributed by atoms with Crippen LogP contribution in [0, 0.1) is 0 Å². The lowest BCUT2D eigenvalue weighted by molar-refractivity contribution is 0.112. The van der Waals surface area contributed by atoms with Crippen LogP contribution in [-0.4, -0.2) is 19.5 Å². The fourth-order valence-corrected chi connectivity index (χ4v) is 1.90. The van der Waals surface area contributed by atoms with Gasteiger partial charge < -0.3 is 9.47 Å². The Balaban J connectivity index is 1.72. The maximum atomic E-state index is 10.6. The average Bonchev–Trinajstić information content (AvgIpc) is 2.49. The fourth-order valence-electron chi connectivity index (χ4n) is 1.66. The van der Waals surface area contributed by atoms with Gasteiger partial charge in [-0.1, -0.05) is 29.8 Å². The molecule has 4 heteroatoms. The summed E-state index contributed by atoms with van der Waals surface area (Å²) in [5.74, 6) is 1.43. The van der Waals surface area contributed by atoms with E-state index < -0.39 is 0 Å². The summed E-state index contributed by atoms with van der Waals surface area (Å²) in [6.45, 7) is 1.08. The molecule has 3 nitrogen and oxygen atoms in total. The van der Waals surface area contributed by atoms with Crippen molar-refractivity contribution in [2.24, 2.45) is 0 Å². The normalized spacial score (nSPS) is 10.1. The zero-order valence-corrected chi connectivity index (χ0v) is 11.7. The highest BCUT2D eigenvalue weighted by atomic mass is 35.5. The highest BCUT2D eigenvalue weighted by Gasteiger charge is 2.02. The summed E-state index contributed by atoms with van der Waals surface area (Å²) in [5, 5.41) is 0.443. The van der Waals surface area contributed by atoms with Gasteiger partial charge in [0.05, 0.1) is 18.2 Å². The molecule has 2 aromatic rings. The Bertz CT molecular complexity index is 555. The van der Waals surface area contributed by atoms with Crippen LogP contribution in [0.1, 0.15) is 16.8 Å². The monoisotopic (exact) mass is 290 g/mol. The quantitative estimate of drug-likeness (QED) is 0.571. The van der Waals surface area contributed by atoms with Gasteiger partial charge >= 0.3 is 0 Å². The second-order valence-electron chi connectivity index (χ2n) is 4.17. The van der Waals surface area contributed by atoms with Gasteiger partial charge in [-0.25, -0.2) is 0 Å². The van der Waals surface area contributed by atoms with E-state index in [2.05, 4.69) is 0 Å². The summed E-state index contributed by atoms with van der Waals surface area (Å²) in [6.07, 6.45) is 1.50. The molecule has 0 aliphatic heterocycles. The minimum atomic E-state index is 0.443. The number of aldehydes is 1. The van der Waals surface area contributed by atoms with Crippen molar-refractivity contribution < 1.29 is 14.3 Å². The number of halogens is 1. The maximum absolute atomic E-state index is 10.6. The zero-order chi connectivity index (χ0) is 14.2. The van der Waals surface area contributed by atoms with Crippen LogP contribution in [0.5, 0.6) is 11.5 Å². The van der Waals surface area contributed by atoms with Crippen molar-refractivity contribution in [1.29, 1.82) is 0 Å². The number of rotatable bonds is 7. The number of benzene rings is 2. The van der Waals surface area contributed by atoms with Crippen molar-refractivity contribution >= 4 is 17.9 Å². The predicted molar refractivity (Wildman–Crippen MR) is 78.9 cm³/mol. The molecule has 0 bridgehead atoms. The number of hydrogen-bond donors (Lipinski definition) is 0. The van der Waals surface area contributed by atoms with Crippen LogP contribution >= 0.6 is 11.6 Å². The summed E-state index contributed by atoms with van der Waals surface area (Å²) in [6, 6.07) is 14.6. The molecule has 0 saturated heterocycles. The molecule has 0 atom stereocenters. The molecule has 2 aromatic carbocycles. The van der Waals surface area contributed by atoms with Crippen molar-refractivity contribution in [3.05, 3.63) is 59.1 Å². The lowest BCUT2D eigenvalue weighted by Crippen LogP contribution is -2.05. The van der Waals surface area contributed by atoms with E-state index in [0.717, 1.165) is 18.5 Å². The second-order valence-corrected chi connectivity index (χ2v) is 4.58. The van der Waals surface area contributed by atoms with Crippen LogP contribution in [0.4, 0.5) is 0 Å². The summed E-state index contributed by atoms with van der Waals surface area (Å²) in [7, 11) is 0. The maximum Gasteiger partial charge on any atom is 0.150 e. The Morgan fingerprint density at radius 2 is 1.75 bits per heavy atom. The lowest BCUT2D eigenvalue weighted by Gasteiger charge is -2.09. The summed E-state index contributed by atoms with van der Waals surface area (Å²) in [5.41, 5.74) is 0.537. The highest BCUT2D eigenvalue weighted by molar-refractivity contribution is 6.32. The van der Waals surface area contributed by atoms with Crippen LogP contribution < -0.4 is 9.47 Å². The molecule has 0 heterocycles. The highest BCUT2D eigenvalue weighted by Crippen LogP contribution is 2.25. The lowest BCUT2D eigenvalue weighted by atomic mass is 10.2. The number of para-hydroxylation sites is 1. The molecule has 0 radical (unpaired) electrons. The summed E-state index contributed by atoms with van der Waals surface area (Å²) >= 11 is 6.00. The Kier molecular flexibility index (Phi) is 5.44. The van der Waals surface area contributed by atoms with Gasteiger partial charge in [-0.05, 0) is 30.3 Å². The van der Waals surface area contributed by atoms with E-state index >= 15 is 0 Å². The van der Waals surface area contributed by atoms with Crippen LogP contribution in [-0.2, 0) is 0 Å². The van der Waals surface area contributed by atoms with Crippen LogP contribution in [0.3, 0.4) is 0 Å². The largest absolute Gasteiger partial charge is 0.493 e. The van der Waals surface area contributed by atoms with Crippen LogP contribution in [0.2, 0.25) is 5.02 Å². The van der Waals surface area contributed by atoms with E-state index in [0.29, 0.717) is 29.5 Å². The van der Waals surface area contributed by atoms with E-state index in [1.54, 1.807) is 18.2 Å². The molecule has 0 aliphatic carbocycles. The van der Waals surface area contributed by atoms with Crippen molar-refractivity contribution in [2.75, 3.05) is 13.2 Å². The van der Waals surface area contributed by atoms with Crippen molar-refractivity contribution in [1.82, 2.24) is 0 Å². The third-order valence-electron chi connectivity index (χ3n) is 2.65. The number of carbonyl (C=O) groups excluding carboxylic acids is 1. The molecule has 0 amide bonds. The second kappa shape index (κ2) is 7.56. The number of hydrogen-bond acceptors (Lipinski definition) is 3. The van der Waals surface area contributed by atoms with E-state index in [-0.39, 0.29) is 0 Å². The Morgan fingerprint density at radius 1 is 1.00 bits per heavy atom. The fraction of sp³-hybridized carbons (Fsp3) is 0.188. The van der Waals surface area contributed by atoms with E-state index in [1.165, 1.54) is 0 Å². The van der Waals surface area contributed by atoms with E-state index in [1.807, 2.05) is 30.3 Å². The molecule has 2 rings (SSSR count). The zero-order valence-electron chi connectivity index (χ0n) is 10.9. The Hall–Kier alpha value is -2.00. The molecule has 0 aromatic heterocycles. The third-order valence-corrected chi connectivity index (χ3v) is 2.95. The van der Waals surface area contributed by atoms with Gasteiger partial charge in [-0.3, -0.25) is 4.79 Å². The minimum absolute atomic E-state index is 0.443. The van der Waals surface area contributed by atoms with Gasteiger partial charge in [-0.2, -0.15) is 0 Å². The molecular formula is C16H15ClO3. The first-order chi connectivity index (χ1) is 9.79. The van der Waals surface area contributed by atoms with Crippen molar-refractivity contribution in [3.63, 3.8) is 0 Å². The standard InChI is InChI=1S/C16H15ClO3/c17-15-11-13(12-18)7-8-16(15)20-10-4-9-19-14-5-2-1-3-6-14/h1-3,5-8,11-12H,4,9-10H2. The molecule has 0 aliphatic rings. The first kappa shape index (κ1) is 14.4. The van der Waals surface area contributed by atoms with Gasteiger partial charge in [0, 0.05) is 12.0 Å². The average molecular weight is 291 g/mol. The van der Waals surface area contributed by atoms with E-state index in [4.69, 9.17) is 21.1 Å². The topological polar surface area (TPSA) is 35.5 Å². The molecule has 0 saturated carbocycles. The first-order valence-electron chi connectivity index (χ1n) is 6.35. The number of ether oxygens (including phenoxy) is 2. The van der Waals surface area contributed by atoms with Crippen molar-refractivity contribution in [3.8, 4) is 11.5 Å². The molecule has 0 spiro atoms. The first-order valence-corrected chi connectivity index (χ1v) is 6.73. The van der Waals surface area contributed by atoms with Gasteiger partial charge in [0.25, 0.3) is 0 Å². The smallest absolute Gasteiger partial charge is 0.150 e. The molecular weight excluding hydrogens is 276 g/mol. The molecule has 104 valence electrons. The van der Waals surface area contributed by atoms with Gasteiger partial charge in [0.15, 0.2) is 0 Å². The minimum Gasteiger partial charge on any atom is -0.493 e. The van der Waals surface area contributed by atoms with Crippen molar-refractivity contribution in [2.45, 2.75) is 6.42 Å². The molecule has 20 heavy (non-hydrogen) atoms. The van der Waals surface area contributed by atoms with Gasteiger partial charge in [-0.15, -0.1) is 0 Å². The van der Waals surface area contributed by atoms with E-state index in [9.17, 15) is 4.79 Å². The molecule has 0 fully saturated rings. The predicted octanol–water partition coefficient (Wildman–Crippen LogP) is 4.00. The molecule has 0 N–H and O–H groups in total. The SMILES string of the molecule is O=Cc1ccc(OCCCOc2ccccc2)c(Cl)c1. The number of carbonyl (C=O) groups is 1. The van der Waals surface area contributed by atoms with Crippen LogP contribution in [0.25, 0.3) is 0 Å². The Labute approximate surface area is 123 Å². The Morgan fingerprint density at radius 3 is 2.45 bits per heavy atom. The molecule has 0 unspecified atom stereocenters. The van der Waals surface area contributed by atoms with Crippen LogP contribution in [0.15, 0.2) is 48.5 Å². The third kappa shape index (κ3) is 4.28. The van der Waals surface area contributed by atoms with Gasteiger partial charge in [0.1, 0.15) is 17.8 Å². The summed E-state index contributed by atoms with van der Waals surface area (Å²) < 4.78 is 11.1. The van der Waals surface area contributed by atoms with Gasteiger partial charge in [0.2, 0.25) is 0 Å². The summed E-state index contributed by atoms with van der Waals surface area (Å²) in [4.78, 5) is 10.6.